The SMILES string of the molecule is C=C/C=N\C(=C)N(C)CCC(C)NN(NOC)C1=C(N)C(=O)C(C)=CC1=O. The van der Waals surface area contributed by atoms with E-state index in [2.05, 4.69) is 29.2 Å². The molecule has 1 aliphatic carbocycles. The van der Waals surface area contributed by atoms with Crippen LogP contribution in [0.25, 0.3) is 0 Å². The fraction of sp³-hybridized carbons (Fsp3) is 0.389. The van der Waals surface area contributed by atoms with Crippen molar-refractivity contribution in [3.05, 3.63) is 48.1 Å². The van der Waals surface area contributed by atoms with Gasteiger partial charge in [-0.25, -0.2) is 15.5 Å². The van der Waals surface area contributed by atoms with Crippen LogP contribution in [-0.4, -0.2) is 54.5 Å². The van der Waals surface area contributed by atoms with Gasteiger partial charge in [0.2, 0.25) is 11.6 Å². The lowest BCUT2D eigenvalue weighted by Gasteiger charge is -2.31. The maximum atomic E-state index is 12.3. The average Bonchev–Trinajstić information content (AvgIpc) is 2.62. The number of hydrazine groups is 2. The van der Waals surface area contributed by atoms with Gasteiger partial charge in [0.15, 0.2) is 0 Å². The molecule has 1 aliphatic rings. The van der Waals surface area contributed by atoms with Crippen LogP contribution >= 0.6 is 0 Å². The Morgan fingerprint density at radius 3 is 2.74 bits per heavy atom. The molecule has 0 fully saturated rings. The maximum Gasteiger partial charge on any atom is 0.207 e. The van der Waals surface area contributed by atoms with Crippen LogP contribution in [0.1, 0.15) is 20.3 Å². The highest BCUT2D eigenvalue weighted by molar-refractivity contribution is 6.21. The molecule has 1 atom stereocenters. The van der Waals surface area contributed by atoms with Crippen molar-refractivity contribution in [1.82, 2.24) is 21.0 Å². The Hall–Kier alpha value is -2.75. The predicted molar refractivity (Wildman–Crippen MR) is 105 cm³/mol. The molecular formula is C18H28N6O3. The van der Waals surface area contributed by atoms with Gasteiger partial charge in [0, 0.05) is 31.4 Å². The van der Waals surface area contributed by atoms with Gasteiger partial charge in [-0.05, 0) is 26.3 Å². The van der Waals surface area contributed by atoms with Gasteiger partial charge in [0.25, 0.3) is 0 Å². The van der Waals surface area contributed by atoms with Crippen molar-refractivity contribution in [2.75, 3.05) is 20.7 Å². The Morgan fingerprint density at radius 2 is 2.15 bits per heavy atom. The van der Waals surface area contributed by atoms with Gasteiger partial charge in [-0.15, -0.1) is 0 Å². The second-order valence-electron chi connectivity index (χ2n) is 6.08. The van der Waals surface area contributed by atoms with E-state index < -0.39 is 11.6 Å². The van der Waals surface area contributed by atoms with E-state index in [1.165, 1.54) is 18.3 Å². The zero-order valence-electron chi connectivity index (χ0n) is 16.3. The highest BCUT2D eigenvalue weighted by Gasteiger charge is 2.29. The highest BCUT2D eigenvalue weighted by atomic mass is 16.7. The second kappa shape index (κ2) is 10.4. The van der Waals surface area contributed by atoms with E-state index in [0.29, 0.717) is 24.4 Å². The van der Waals surface area contributed by atoms with Crippen LogP contribution in [0.15, 0.2) is 53.1 Å². The molecule has 0 aromatic rings. The zero-order chi connectivity index (χ0) is 20.6. The molecule has 0 aromatic heterocycles. The topological polar surface area (TPSA) is 112 Å². The molecule has 0 spiro atoms. The summed E-state index contributed by atoms with van der Waals surface area (Å²) in [5.74, 6) is -0.175. The number of allylic oxidation sites excluding steroid dienone is 3. The van der Waals surface area contributed by atoms with Gasteiger partial charge in [0.05, 0.1) is 7.11 Å². The van der Waals surface area contributed by atoms with E-state index >= 15 is 0 Å². The third-order valence-electron chi connectivity index (χ3n) is 3.86. The van der Waals surface area contributed by atoms with E-state index in [1.54, 1.807) is 19.2 Å². The Balaban J connectivity index is 2.78. The van der Waals surface area contributed by atoms with Gasteiger partial charge in [0.1, 0.15) is 17.2 Å². The monoisotopic (exact) mass is 376 g/mol. The Morgan fingerprint density at radius 1 is 1.48 bits per heavy atom. The van der Waals surface area contributed by atoms with Crippen LogP contribution in [0.3, 0.4) is 0 Å². The molecule has 27 heavy (non-hydrogen) atoms. The van der Waals surface area contributed by atoms with Crippen molar-refractivity contribution in [2.24, 2.45) is 10.7 Å². The van der Waals surface area contributed by atoms with Gasteiger partial charge in [-0.2, -0.15) is 0 Å². The van der Waals surface area contributed by atoms with Crippen LogP contribution in [0.2, 0.25) is 0 Å². The molecule has 0 bridgehead atoms. The van der Waals surface area contributed by atoms with E-state index in [1.807, 2.05) is 18.9 Å². The number of nitrogens with two attached hydrogens (primary N) is 1. The average molecular weight is 376 g/mol. The van der Waals surface area contributed by atoms with Crippen molar-refractivity contribution >= 4 is 17.8 Å². The predicted octanol–water partition coefficient (Wildman–Crippen LogP) is 0.566. The lowest BCUT2D eigenvalue weighted by Crippen LogP contribution is -2.54. The minimum atomic E-state index is -0.391. The Kier molecular flexibility index (Phi) is 8.60. The Bertz CT molecular complexity index is 695. The van der Waals surface area contributed by atoms with Gasteiger partial charge in [-0.1, -0.05) is 24.8 Å². The maximum absolute atomic E-state index is 12.3. The van der Waals surface area contributed by atoms with Crippen molar-refractivity contribution in [1.29, 1.82) is 0 Å². The van der Waals surface area contributed by atoms with Crippen molar-refractivity contribution in [2.45, 2.75) is 26.3 Å². The first kappa shape index (κ1) is 22.3. The standard InChI is InChI=1S/C18H28N6O3/c1-7-9-20-14(4)23(5)10-8-13(3)21-24(22-27-6)17-15(25)11-12(2)18(26)16(17)19/h7,9,11,13,21-22H,1,4,8,10,19H2,2-3,5-6H3/b20-9-. The number of nitrogens with one attached hydrogen (secondary N) is 2. The molecule has 1 rings (SSSR count). The third-order valence-corrected chi connectivity index (χ3v) is 3.86. The summed E-state index contributed by atoms with van der Waals surface area (Å²) < 4.78 is 0. The second-order valence-corrected chi connectivity index (χ2v) is 6.08. The number of hydrogen-bond donors (Lipinski definition) is 3. The number of carbonyl (C=O) groups excluding carboxylic acids is 2. The number of rotatable bonds is 11. The van der Waals surface area contributed by atoms with E-state index in [4.69, 9.17) is 10.6 Å². The van der Waals surface area contributed by atoms with Crippen LogP contribution in [-0.2, 0) is 14.4 Å². The molecule has 0 saturated carbocycles. The normalized spacial score (nSPS) is 15.8. The van der Waals surface area contributed by atoms with Gasteiger partial charge < -0.3 is 10.6 Å². The first-order valence-electron chi connectivity index (χ1n) is 8.40. The number of aliphatic imine (C=N–C) groups is 1. The summed E-state index contributed by atoms with van der Waals surface area (Å²) in [4.78, 5) is 35.3. The molecular weight excluding hydrogens is 348 g/mol. The summed E-state index contributed by atoms with van der Waals surface area (Å²) in [5, 5.41) is 1.23. The summed E-state index contributed by atoms with van der Waals surface area (Å²) in [5.41, 5.74) is 11.6. The van der Waals surface area contributed by atoms with Gasteiger partial charge >= 0.3 is 0 Å². The molecule has 4 N–H and O–H groups in total. The lowest BCUT2D eigenvalue weighted by molar-refractivity contribution is -0.123. The minimum absolute atomic E-state index is 0.00681. The summed E-state index contributed by atoms with van der Waals surface area (Å²) in [6.45, 7) is 11.6. The Labute approximate surface area is 159 Å². The largest absolute Gasteiger partial charge is 0.394 e. The van der Waals surface area contributed by atoms with Crippen molar-refractivity contribution in [3.63, 3.8) is 0 Å². The van der Waals surface area contributed by atoms with E-state index in [9.17, 15) is 9.59 Å². The summed E-state index contributed by atoms with van der Waals surface area (Å²) in [7, 11) is 3.26. The van der Waals surface area contributed by atoms with E-state index in [0.717, 1.165) is 0 Å². The number of nitrogens with zero attached hydrogens (tertiary/aromatic N) is 3. The first-order valence-corrected chi connectivity index (χ1v) is 8.40. The van der Waals surface area contributed by atoms with Gasteiger partial charge in [-0.3, -0.25) is 14.4 Å². The lowest BCUT2D eigenvalue weighted by atomic mass is 10.00. The third kappa shape index (κ3) is 6.17. The fourth-order valence-electron chi connectivity index (χ4n) is 2.28. The molecule has 0 radical (unpaired) electrons. The summed E-state index contributed by atoms with van der Waals surface area (Å²) >= 11 is 0. The van der Waals surface area contributed by atoms with Crippen LogP contribution in [0, 0.1) is 0 Å². The first-order chi connectivity index (χ1) is 12.7. The van der Waals surface area contributed by atoms with Crippen molar-refractivity contribution in [3.8, 4) is 0 Å². The molecule has 0 saturated heterocycles. The molecule has 9 nitrogen and oxygen atoms in total. The quantitative estimate of drug-likeness (QED) is 0.272. The number of hydrogen-bond acceptors (Lipinski definition) is 9. The summed E-state index contributed by atoms with van der Waals surface area (Å²) in [6.07, 6.45) is 5.08. The smallest absolute Gasteiger partial charge is 0.207 e. The fourth-order valence-corrected chi connectivity index (χ4v) is 2.28. The summed E-state index contributed by atoms with van der Waals surface area (Å²) in [6, 6.07) is -0.0958. The van der Waals surface area contributed by atoms with Crippen LogP contribution < -0.4 is 16.7 Å². The molecule has 148 valence electrons. The molecule has 0 aliphatic heterocycles. The van der Waals surface area contributed by atoms with Crippen LogP contribution in [0.5, 0.6) is 0 Å². The van der Waals surface area contributed by atoms with E-state index in [-0.39, 0.29) is 17.4 Å². The van der Waals surface area contributed by atoms with Crippen molar-refractivity contribution < 1.29 is 14.4 Å². The highest BCUT2D eigenvalue weighted by Crippen LogP contribution is 2.17. The zero-order valence-corrected chi connectivity index (χ0v) is 16.3. The molecule has 0 heterocycles. The number of Topliss-reactive ketones (excluding diaryl/α,β-unsaturated/α-hetero) is 1. The molecule has 1 unspecified atom stereocenters. The number of ketones is 2. The van der Waals surface area contributed by atoms with Crippen LogP contribution in [0.4, 0.5) is 0 Å². The minimum Gasteiger partial charge on any atom is -0.394 e. The number of carbonyl (C=O) groups is 2. The molecule has 0 aromatic carbocycles. The molecule has 0 amide bonds. The molecule has 9 heteroatoms.